The van der Waals surface area contributed by atoms with Gasteiger partial charge in [-0.1, -0.05) is 23.2 Å². The van der Waals surface area contributed by atoms with Crippen LogP contribution in [0.3, 0.4) is 0 Å². The van der Waals surface area contributed by atoms with Crippen molar-refractivity contribution in [3.05, 3.63) is 34.0 Å². The summed E-state index contributed by atoms with van der Waals surface area (Å²) in [6.45, 7) is 5.25. The summed E-state index contributed by atoms with van der Waals surface area (Å²) in [7, 11) is 1.65. The molecule has 0 aliphatic carbocycles. The topological polar surface area (TPSA) is 31.2 Å². The first-order chi connectivity index (χ1) is 8.60. The molecule has 0 fully saturated rings. The number of ether oxygens (including phenoxy) is 1. The van der Waals surface area contributed by atoms with E-state index in [2.05, 4.69) is 6.07 Å². The maximum atomic E-state index is 11.2. The van der Waals surface area contributed by atoms with Crippen LogP contribution in [0.5, 0.6) is 0 Å². The predicted octanol–water partition coefficient (Wildman–Crippen LogP) is 3.37. The Labute approximate surface area is 111 Å². The highest BCUT2D eigenvalue weighted by Gasteiger charge is 2.16. The Hall–Kier alpha value is -1.32. The van der Waals surface area contributed by atoms with E-state index in [-0.39, 0.29) is 0 Å². The van der Waals surface area contributed by atoms with Gasteiger partial charge in [0.2, 0.25) is 0 Å². The number of benzene rings is 1. The SMILES string of the molecule is COCCn1c(Cl)c(C=O)c2cc(C)cc(C)c21. The highest BCUT2D eigenvalue weighted by molar-refractivity contribution is 6.34. The number of aldehydes is 1. The number of hydrogen-bond acceptors (Lipinski definition) is 2. The molecule has 0 aliphatic rings. The zero-order chi connectivity index (χ0) is 13.3. The maximum Gasteiger partial charge on any atom is 0.153 e. The molecule has 0 N–H and O–H groups in total. The molecule has 3 nitrogen and oxygen atoms in total. The van der Waals surface area contributed by atoms with E-state index in [1.54, 1.807) is 7.11 Å². The summed E-state index contributed by atoms with van der Waals surface area (Å²) in [5.41, 5.74) is 3.83. The van der Waals surface area contributed by atoms with E-state index in [9.17, 15) is 4.79 Å². The first kappa shape index (κ1) is 13.1. The molecule has 0 saturated heterocycles. The Morgan fingerprint density at radius 2 is 2.11 bits per heavy atom. The van der Waals surface area contributed by atoms with Crippen LogP contribution in [-0.4, -0.2) is 24.6 Å². The van der Waals surface area contributed by atoms with Gasteiger partial charge in [-0.25, -0.2) is 0 Å². The van der Waals surface area contributed by atoms with Crippen LogP contribution >= 0.6 is 11.6 Å². The van der Waals surface area contributed by atoms with Gasteiger partial charge in [-0.15, -0.1) is 0 Å². The van der Waals surface area contributed by atoms with E-state index in [4.69, 9.17) is 16.3 Å². The third kappa shape index (κ3) is 2.04. The van der Waals surface area contributed by atoms with Gasteiger partial charge < -0.3 is 9.30 Å². The zero-order valence-corrected chi connectivity index (χ0v) is 11.5. The molecule has 96 valence electrons. The van der Waals surface area contributed by atoms with Crippen LogP contribution < -0.4 is 0 Å². The maximum absolute atomic E-state index is 11.2. The van der Waals surface area contributed by atoms with Gasteiger partial charge in [-0.3, -0.25) is 4.79 Å². The van der Waals surface area contributed by atoms with E-state index in [0.717, 1.165) is 28.3 Å². The molecule has 4 heteroatoms. The average molecular weight is 266 g/mol. The lowest BCUT2D eigenvalue weighted by atomic mass is 10.1. The predicted molar refractivity (Wildman–Crippen MR) is 73.7 cm³/mol. The van der Waals surface area contributed by atoms with E-state index in [1.165, 1.54) is 0 Å². The Bertz CT molecular complexity index is 602. The molecule has 0 saturated carbocycles. The standard InChI is InChI=1S/C14H16ClNO2/c1-9-6-10(2)13-11(7-9)12(8-17)14(15)16(13)4-5-18-3/h6-8H,4-5H2,1-3H3. The first-order valence-corrected chi connectivity index (χ1v) is 6.21. The fourth-order valence-electron chi connectivity index (χ4n) is 2.38. The molecule has 0 amide bonds. The fraction of sp³-hybridized carbons (Fsp3) is 0.357. The summed E-state index contributed by atoms with van der Waals surface area (Å²) in [5, 5.41) is 1.41. The molecule has 0 bridgehead atoms. The van der Waals surface area contributed by atoms with Crippen molar-refractivity contribution in [3.8, 4) is 0 Å². The Morgan fingerprint density at radius 3 is 2.72 bits per heavy atom. The largest absolute Gasteiger partial charge is 0.383 e. The second kappa shape index (κ2) is 5.12. The van der Waals surface area contributed by atoms with Gasteiger partial charge in [-0.2, -0.15) is 0 Å². The zero-order valence-electron chi connectivity index (χ0n) is 10.8. The Kier molecular flexibility index (Phi) is 3.73. The Balaban J connectivity index is 2.76. The summed E-state index contributed by atoms with van der Waals surface area (Å²) >= 11 is 6.29. The molecular weight excluding hydrogens is 250 g/mol. The minimum Gasteiger partial charge on any atom is -0.383 e. The van der Waals surface area contributed by atoms with Crippen LogP contribution in [0.4, 0.5) is 0 Å². The fourth-order valence-corrected chi connectivity index (χ4v) is 2.70. The normalized spacial score (nSPS) is 11.1. The quantitative estimate of drug-likeness (QED) is 0.794. The molecule has 1 aromatic heterocycles. The summed E-state index contributed by atoms with van der Waals surface area (Å²) in [4.78, 5) is 11.2. The first-order valence-electron chi connectivity index (χ1n) is 5.83. The van der Waals surface area contributed by atoms with Gasteiger partial charge in [0.15, 0.2) is 6.29 Å². The van der Waals surface area contributed by atoms with Gasteiger partial charge in [0.1, 0.15) is 5.15 Å². The number of nitrogens with zero attached hydrogens (tertiary/aromatic N) is 1. The van der Waals surface area contributed by atoms with Crippen molar-refractivity contribution < 1.29 is 9.53 Å². The number of aromatic nitrogens is 1. The third-order valence-electron chi connectivity index (χ3n) is 3.10. The van der Waals surface area contributed by atoms with Crippen LogP contribution in [0, 0.1) is 13.8 Å². The van der Waals surface area contributed by atoms with Crippen molar-refractivity contribution in [1.29, 1.82) is 0 Å². The van der Waals surface area contributed by atoms with Crippen molar-refractivity contribution in [2.24, 2.45) is 0 Å². The van der Waals surface area contributed by atoms with E-state index in [1.807, 2.05) is 24.5 Å². The lowest BCUT2D eigenvalue weighted by molar-refractivity contribution is 0.112. The second-order valence-corrected chi connectivity index (χ2v) is 4.80. The number of halogens is 1. The van der Waals surface area contributed by atoms with Gasteiger partial charge >= 0.3 is 0 Å². The van der Waals surface area contributed by atoms with Crippen molar-refractivity contribution in [3.63, 3.8) is 0 Å². The van der Waals surface area contributed by atoms with Crippen LogP contribution in [0.1, 0.15) is 21.5 Å². The molecule has 18 heavy (non-hydrogen) atoms. The molecule has 0 spiro atoms. The summed E-state index contributed by atoms with van der Waals surface area (Å²) in [6, 6.07) is 4.10. The number of carbonyl (C=O) groups is 1. The van der Waals surface area contributed by atoms with Crippen LogP contribution in [0.15, 0.2) is 12.1 Å². The van der Waals surface area contributed by atoms with Crippen LogP contribution in [-0.2, 0) is 11.3 Å². The number of rotatable bonds is 4. The highest BCUT2D eigenvalue weighted by Crippen LogP contribution is 2.31. The third-order valence-corrected chi connectivity index (χ3v) is 3.51. The number of hydrogen-bond donors (Lipinski definition) is 0. The molecule has 1 aromatic carbocycles. The molecule has 0 atom stereocenters. The minimum atomic E-state index is 0.491. The van der Waals surface area contributed by atoms with Gasteiger partial charge in [0.25, 0.3) is 0 Å². The average Bonchev–Trinajstić information content (AvgIpc) is 2.58. The molecule has 0 unspecified atom stereocenters. The van der Waals surface area contributed by atoms with Crippen molar-refractivity contribution in [1.82, 2.24) is 4.57 Å². The van der Waals surface area contributed by atoms with Gasteiger partial charge in [0, 0.05) is 19.0 Å². The monoisotopic (exact) mass is 265 g/mol. The van der Waals surface area contributed by atoms with E-state index in [0.29, 0.717) is 23.9 Å². The Morgan fingerprint density at radius 1 is 1.39 bits per heavy atom. The van der Waals surface area contributed by atoms with E-state index >= 15 is 0 Å². The molecular formula is C14H16ClNO2. The number of aryl methyl sites for hydroxylation is 2. The number of methoxy groups -OCH3 is 1. The molecule has 2 rings (SSSR count). The second-order valence-electron chi connectivity index (χ2n) is 4.44. The molecule has 0 aliphatic heterocycles. The molecule has 1 heterocycles. The van der Waals surface area contributed by atoms with Gasteiger partial charge in [0.05, 0.1) is 17.7 Å². The summed E-state index contributed by atoms with van der Waals surface area (Å²) < 4.78 is 7.03. The minimum absolute atomic E-state index is 0.491. The number of fused-ring (bicyclic) bond motifs is 1. The van der Waals surface area contributed by atoms with Crippen LogP contribution in [0.2, 0.25) is 5.15 Å². The van der Waals surface area contributed by atoms with Crippen molar-refractivity contribution >= 4 is 28.8 Å². The lowest BCUT2D eigenvalue weighted by Gasteiger charge is -2.08. The summed E-state index contributed by atoms with van der Waals surface area (Å²) in [5.74, 6) is 0. The van der Waals surface area contributed by atoms with Gasteiger partial charge in [-0.05, 0) is 25.5 Å². The van der Waals surface area contributed by atoms with Crippen molar-refractivity contribution in [2.45, 2.75) is 20.4 Å². The van der Waals surface area contributed by atoms with Crippen molar-refractivity contribution in [2.75, 3.05) is 13.7 Å². The van der Waals surface area contributed by atoms with Crippen LogP contribution in [0.25, 0.3) is 10.9 Å². The van der Waals surface area contributed by atoms with E-state index < -0.39 is 0 Å². The smallest absolute Gasteiger partial charge is 0.153 e. The lowest BCUT2D eigenvalue weighted by Crippen LogP contribution is -2.05. The number of carbonyl (C=O) groups excluding carboxylic acids is 1. The summed E-state index contributed by atoms with van der Waals surface area (Å²) in [6.07, 6.45) is 0.826. The molecule has 0 radical (unpaired) electrons. The highest BCUT2D eigenvalue weighted by atomic mass is 35.5. The molecule has 2 aromatic rings.